The molecule has 3 aromatic heterocycles. The van der Waals surface area contributed by atoms with Crippen molar-refractivity contribution < 1.29 is 27.8 Å². The fourth-order valence-electron chi connectivity index (χ4n) is 4.45. The van der Waals surface area contributed by atoms with Crippen molar-refractivity contribution in [1.82, 2.24) is 25.2 Å². The number of hydrogen-bond donors (Lipinski definition) is 3. The van der Waals surface area contributed by atoms with Crippen molar-refractivity contribution in [2.75, 3.05) is 51.2 Å². The zero-order valence-electron chi connectivity index (χ0n) is 21.9. The van der Waals surface area contributed by atoms with E-state index in [9.17, 15) is 18.4 Å². The number of nitrogens with zero attached hydrogens (tertiary/aromatic N) is 5. The number of piperidine rings is 1. The van der Waals surface area contributed by atoms with E-state index in [0.29, 0.717) is 11.4 Å². The van der Waals surface area contributed by atoms with Gasteiger partial charge in [0.2, 0.25) is 5.88 Å². The number of aromatic amines is 1. The van der Waals surface area contributed by atoms with Crippen molar-refractivity contribution >= 4 is 11.8 Å². The summed E-state index contributed by atoms with van der Waals surface area (Å²) in [6, 6.07) is 12.2. The lowest BCUT2D eigenvalue weighted by Gasteiger charge is -2.28. The maximum atomic E-state index is 10.6. The first kappa shape index (κ1) is 28.8. The Kier molecular flexibility index (Phi) is 9.23. The van der Waals surface area contributed by atoms with Gasteiger partial charge >= 0.3 is 12.1 Å². The molecule has 5 heterocycles. The fraction of sp³-hybridized carbons (Fsp3) is 0.407. The van der Waals surface area contributed by atoms with Gasteiger partial charge in [-0.15, -0.1) is 0 Å². The lowest BCUT2D eigenvalue weighted by molar-refractivity contribution is -0.192. The SMILES string of the molecule is CN1CCC(Oc2ccc(-c3cc(-c4cc(C#N)c(N5CCNCC5)[nH]4)ccn3)cn2)CC1.O=C(O)C(F)(F)F. The number of rotatable bonds is 5. The number of carboxylic acid groups (broad SMARTS) is 1. The van der Waals surface area contributed by atoms with Crippen molar-refractivity contribution in [2.45, 2.75) is 25.1 Å². The predicted molar refractivity (Wildman–Crippen MR) is 142 cm³/mol. The van der Waals surface area contributed by atoms with Crippen LogP contribution >= 0.6 is 0 Å². The number of aromatic nitrogens is 3. The predicted octanol–water partition coefficient (Wildman–Crippen LogP) is 3.53. The van der Waals surface area contributed by atoms with Crippen LogP contribution in [-0.4, -0.2) is 89.5 Å². The highest BCUT2D eigenvalue weighted by molar-refractivity contribution is 5.73. The Labute approximate surface area is 229 Å². The third-order valence-electron chi connectivity index (χ3n) is 6.65. The molecule has 0 atom stereocenters. The highest BCUT2D eigenvalue weighted by Crippen LogP contribution is 2.30. The largest absolute Gasteiger partial charge is 0.490 e. The van der Waals surface area contributed by atoms with E-state index in [-0.39, 0.29) is 6.10 Å². The summed E-state index contributed by atoms with van der Waals surface area (Å²) in [6.45, 7) is 5.72. The average Bonchev–Trinajstić information content (AvgIpc) is 3.40. The number of halogens is 3. The van der Waals surface area contributed by atoms with Gasteiger partial charge in [-0.05, 0) is 44.2 Å². The van der Waals surface area contributed by atoms with E-state index in [4.69, 9.17) is 14.6 Å². The van der Waals surface area contributed by atoms with Gasteiger partial charge in [0.25, 0.3) is 0 Å². The van der Waals surface area contributed by atoms with Gasteiger partial charge in [0.15, 0.2) is 0 Å². The molecule has 10 nitrogen and oxygen atoms in total. The fourth-order valence-corrected chi connectivity index (χ4v) is 4.45. The molecule has 0 spiro atoms. The van der Waals surface area contributed by atoms with Crippen molar-refractivity contribution in [3.8, 4) is 34.5 Å². The van der Waals surface area contributed by atoms with Gasteiger partial charge in [-0.1, -0.05) is 0 Å². The summed E-state index contributed by atoms with van der Waals surface area (Å²) in [4.78, 5) is 26.0. The number of ether oxygens (including phenoxy) is 1. The molecule has 0 bridgehead atoms. The lowest BCUT2D eigenvalue weighted by Crippen LogP contribution is -2.44. The molecule has 0 saturated carbocycles. The van der Waals surface area contributed by atoms with E-state index < -0.39 is 12.1 Å². The van der Waals surface area contributed by atoms with Crippen molar-refractivity contribution in [1.29, 1.82) is 5.26 Å². The molecule has 2 aliphatic rings. The third kappa shape index (κ3) is 7.49. The molecular formula is C27H30F3N7O3. The number of piperazine rings is 1. The van der Waals surface area contributed by atoms with Crippen molar-refractivity contribution in [3.63, 3.8) is 0 Å². The second kappa shape index (κ2) is 12.8. The summed E-state index contributed by atoms with van der Waals surface area (Å²) in [5, 5.41) is 20.1. The van der Waals surface area contributed by atoms with Crippen LogP contribution in [0.1, 0.15) is 18.4 Å². The van der Waals surface area contributed by atoms with Crippen LogP contribution in [0.3, 0.4) is 0 Å². The number of nitrogens with one attached hydrogen (secondary N) is 2. The first-order valence-electron chi connectivity index (χ1n) is 12.8. The number of carboxylic acids is 1. The lowest BCUT2D eigenvalue weighted by atomic mass is 10.1. The van der Waals surface area contributed by atoms with E-state index >= 15 is 0 Å². The van der Waals surface area contributed by atoms with E-state index in [1.807, 2.05) is 36.5 Å². The minimum atomic E-state index is -5.08. The molecule has 13 heteroatoms. The molecule has 0 aromatic carbocycles. The van der Waals surface area contributed by atoms with Gasteiger partial charge in [0, 0.05) is 74.5 Å². The van der Waals surface area contributed by atoms with Crippen LogP contribution in [0.15, 0.2) is 42.7 Å². The maximum Gasteiger partial charge on any atom is 0.490 e. The highest BCUT2D eigenvalue weighted by atomic mass is 19.4. The molecule has 40 heavy (non-hydrogen) atoms. The molecule has 0 radical (unpaired) electrons. The Morgan fingerprint density at radius 3 is 2.40 bits per heavy atom. The third-order valence-corrected chi connectivity index (χ3v) is 6.65. The monoisotopic (exact) mass is 557 g/mol. The zero-order chi connectivity index (χ0) is 28.7. The standard InChI is InChI=1S/C25H29N7O.C2HF3O2/c1-31-10-5-21(6-11-31)33-24-3-2-19(17-29-24)22-14-18(4-7-28-22)23-15-20(16-26)25(30-23)32-12-8-27-9-13-32;3-2(4,5)1(6)7/h2-4,7,14-15,17,21,27,30H,5-6,8-13H2,1H3;(H,6,7). The van der Waals surface area contributed by atoms with Crippen LogP contribution in [0, 0.1) is 11.3 Å². The van der Waals surface area contributed by atoms with Crippen LogP contribution in [-0.2, 0) is 4.79 Å². The zero-order valence-corrected chi connectivity index (χ0v) is 21.9. The summed E-state index contributed by atoms with van der Waals surface area (Å²) >= 11 is 0. The normalized spacial score (nSPS) is 16.5. The van der Waals surface area contributed by atoms with Crippen LogP contribution < -0.4 is 15.0 Å². The summed E-state index contributed by atoms with van der Waals surface area (Å²) in [7, 11) is 2.14. The Bertz CT molecular complexity index is 1320. The number of carbonyl (C=O) groups is 1. The Morgan fingerprint density at radius 2 is 1.80 bits per heavy atom. The molecule has 5 rings (SSSR count). The molecule has 212 valence electrons. The first-order valence-corrected chi connectivity index (χ1v) is 12.8. The minimum Gasteiger partial charge on any atom is -0.475 e. The Morgan fingerprint density at radius 1 is 1.10 bits per heavy atom. The van der Waals surface area contributed by atoms with E-state index in [1.54, 1.807) is 6.20 Å². The van der Waals surface area contributed by atoms with Gasteiger partial charge in [-0.25, -0.2) is 9.78 Å². The number of alkyl halides is 3. The number of H-pyrrole nitrogens is 1. The van der Waals surface area contributed by atoms with Gasteiger partial charge in [0.05, 0.1) is 11.3 Å². The molecule has 0 amide bonds. The van der Waals surface area contributed by atoms with Crippen LogP contribution in [0.4, 0.5) is 19.0 Å². The second-order valence-electron chi connectivity index (χ2n) is 9.53. The summed E-state index contributed by atoms with van der Waals surface area (Å²) in [6.07, 6.45) is 0.817. The summed E-state index contributed by atoms with van der Waals surface area (Å²) in [5.41, 5.74) is 4.34. The van der Waals surface area contributed by atoms with Crippen LogP contribution in [0.2, 0.25) is 0 Å². The van der Waals surface area contributed by atoms with Crippen LogP contribution in [0.5, 0.6) is 5.88 Å². The minimum absolute atomic E-state index is 0.230. The number of hydrogen-bond acceptors (Lipinski definition) is 8. The summed E-state index contributed by atoms with van der Waals surface area (Å²) in [5.74, 6) is -1.20. The van der Waals surface area contributed by atoms with Gasteiger partial charge < -0.3 is 29.9 Å². The van der Waals surface area contributed by atoms with E-state index in [2.05, 4.69) is 43.2 Å². The van der Waals surface area contributed by atoms with E-state index in [0.717, 1.165) is 80.4 Å². The summed E-state index contributed by atoms with van der Waals surface area (Å²) < 4.78 is 37.8. The van der Waals surface area contributed by atoms with Crippen LogP contribution in [0.25, 0.3) is 22.5 Å². The van der Waals surface area contributed by atoms with E-state index in [1.165, 1.54) is 0 Å². The Balaban J connectivity index is 0.000000470. The van der Waals surface area contributed by atoms with Gasteiger partial charge in [-0.3, -0.25) is 4.98 Å². The molecule has 2 aliphatic heterocycles. The highest BCUT2D eigenvalue weighted by Gasteiger charge is 2.38. The number of anilines is 1. The number of aliphatic carboxylic acids is 1. The molecule has 0 aliphatic carbocycles. The number of pyridine rings is 2. The van der Waals surface area contributed by atoms with Crippen molar-refractivity contribution in [2.24, 2.45) is 0 Å². The first-order chi connectivity index (χ1) is 19.1. The van der Waals surface area contributed by atoms with Gasteiger partial charge in [0.1, 0.15) is 18.0 Å². The molecule has 3 aromatic rings. The molecule has 0 unspecified atom stereocenters. The smallest absolute Gasteiger partial charge is 0.475 e. The molecular weight excluding hydrogens is 527 g/mol. The maximum absolute atomic E-state index is 10.6. The molecule has 2 saturated heterocycles. The molecule has 3 N–H and O–H groups in total. The molecule has 2 fully saturated rings. The average molecular weight is 558 g/mol. The van der Waals surface area contributed by atoms with Gasteiger partial charge in [-0.2, -0.15) is 18.4 Å². The number of nitriles is 1. The topological polar surface area (TPSA) is 130 Å². The number of likely N-dealkylation sites (tertiary alicyclic amines) is 1. The van der Waals surface area contributed by atoms with Crippen molar-refractivity contribution in [3.05, 3.63) is 48.3 Å². The quantitative estimate of drug-likeness (QED) is 0.431. The Hall–Kier alpha value is -4.15. The second-order valence-corrected chi connectivity index (χ2v) is 9.53.